The van der Waals surface area contributed by atoms with Crippen molar-refractivity contribution in [2.45, 2.75) is 20.0 Å². The molecule has 2 heterocycles. The van der Waals surface area contributed by atoms with Gasteiger partial charge in [-0.3, -0.25) is 0 Å². The number of hydrogen-bond acceptors (Lipinski definition) is 1. The van der Waals surface area contributed by atoms with Crippen molar-refractivity contribution in [1.82, 2.24) is 19.4 Å². The Kier molecular flexibility index (Phi) is 5.55. The predicted octanol–water partition coefficient (Wildman–Crippen LogP) is 2.61. The van der Waals surface area contributed by atoms with Crippen LogP contribution in [-0.4, -0.2) is 33.6 Å². The fraction of sp³-hybridized carbons (Fsp3) is 0.438. The van der Waals surface area contributed by atoms with Crippen LogP contribution in [0.1, 0.15) is 18.2 Å². The average Bonchev–Trinajstić information content (AvgIpc) is 3.00. The molecule has 6 heteroatoms. The predicted molar refractivity (Wildman–Crippen MR) is 92.1 cm³/mol. The molecule has 2 aromatic rings. The van der Waals surface area contributed by atoms with Crippen molar-refractivity contribution in [2.24, 2.45) is 19.1 Å². The molecule has 0 saturated heterocycles. The van der Waals surface area contributed by atoms with Crippen molar-refractivity contribution in [3.05, 3.63) is 47.0 Å². The number of rotatable bonds is 5. The number of aryl methyl sites for hydroxylation is 2. The lowest BCUT2D eigenvalue weighted by Gasteiger charge is -2.22. The van der Waals surface area contributed by atoms with Gasteiger partial charge in [-0.25, -0.2) is 4.99 Å². The van der Waals surface area contributed by atoms with Crippen LogP contribution >= 0.6 is 11.6 Å². The van der Waals surface area contributed by atoms with Gasteiger partial charge in [0.05, 0.1) is 18.1 Å². The number of halogens is 1. The molecule has 0 amide bonds. The van der Waals surface area contributed by atoms with Crippen molar-refractivity contribution < 1.29 is 0 Å². The van der Waals surface area contributed by atoms with E-state index in [0.29, 0.717) is 6.54 Å². The summed E-state index contributed by atoms with van der Waals surface area (Å²) >= 11 is 6.05. The maximum atomic E-state index is 6.05. The van der Waals surface area contributed by atoms with Gasteiger partial charge in [0.15, 0.2) is 5.96 Å². The molecule has 0 bridgehead atoms. The molecule has 0 aliphatic heterocycles. The van der Waals surface area contributed by atoms with Crippen molar-refractivity contribution in [3.8, 4) is 0 Å². The molecule has 2 aromatic heterocycles. The van der Waals surface area contributed by atoms with E-state index >= 15 is 0 Å². The van der Waals surface area contributed by atoms with E-state index in [1.807, 2.05) is 48.7 Å². The minimum atomic E-state index is 0.668. The summed E-state index contributed by atoms with van der Waals surface area (Å²) < 4.78 is 4.08. The summed E-state index contributed by atoms with van der Waals surface area (Å²) in [6, 6.07) is 4.07. The molecule has 0 spiro atoms. The van der Waals surface area contributed by atoms with Crippen LogP contribution in [0.2, 0.25) is 5.02 Å². The standard InChI is InChI=1S/C16H24ClN5/c1-5-18-16(19-9-13-6-7-20(2)10-13)22(4)12-15-8-14(17)11-21(15)3/h6-8,10-11H,5,9,12H2,1-4H3,(H,18,19). The second-order valence-corrected chi connectivity index (χ2v) is 5.91. The van der Waals surface area contributed by atoms with E-state index in [1.165, 1.54) is 5.56 Å². The van der Waals surface area contributed by atoms with Crippen LogP contribution in [0.5, 0.6) is 0 Å². The van der Waals surface area contributed by atoms with E-state index in [1.54, 1.807) is 0 Å². The number of aromatic nitrogens is 2. The van der Waals surface area contributed by atoms with Crippen LogP contribution in [-0.2, 0) is 27.2 Å². The average molecular weight is 322 g/mol. The zero-order valence-corrected chi connectivity index (χ0v) is 14.4. The van der Waals surface area contributed by atoms with E-state index in [-0.39, 0.29) is 0 Å². The lowest BCUT2D eigenvalue weighted by Crippen LogP contribution is -2.38. The summed E-state index contributed by atoms with van der Waals surface area (Å²) in [6.45, 7) is 4.34. The molecule has 0 aliphatic carbocycles. The van der Waals surface area contributed by atoms with E-state index in [0.717, 1.165) is 29.8 Å². The van der Waals surface area contributed by atoms with Gasteiger partial charge in [0, 0.05) is 52.0 Å². The first-order valence-corrected chi connectivity index (χ1v) is 7.78. The highest BCUT2D eigenvalue weighted by Gasteiger charge is 2.09. The molecular formula is C16H24ClN5. The first-order chi connectivity index (χ1) is 10.5. The maximum Gasteiger partial charge on any atom is 0.194 e. The van der Waals surface area contributed by atoms with Gasteiger partial charge in [-0.15, -0.1) is 0 Å². The first-order valence-electron chi connectivity index (χ1n) is 7.40. The molecule has 2 rings (SSSR count). The molecule has 0 aliphatic rings. The molecule has 0 atom stereocenters. The minimum Gasteiger partial charge on any atom is -0.357 e. The Balaban J connectivity index is 2.07. The van der Waals surface area contributed by atoms with Crippen molar-refractivity contribution in [2.75, 3.05) is 13.6 Å². The Bertz CT molecular complexity index is 641. The number of aliphatic imine (C=N–C) groups is 1. The summed E-state index contributed by atoms with van der Waals surface area (Å²) in [6.07, 6.45) is 6.04. The molecule has 1 N–H and O–H groups in total. The summed E-state index contributed by atoms with van der Waals surface area (Å²) in [4.78, 5) is 6.81. The van der Waals surface area contributed by atoms with Crippen LogP contribution in [0.3, 0.4) is 0 Å². The normalized spacial score (nSPS) is 11.8. The Morgan fingerprint density at radius 1 is 1.36 bits per heavy atom. The first kappa shape index (κ1) is 16.5. The lowest BCUT2D eigenvalue weighted by molar-refractivity contribution is 0.462. The molecule has 0 fully saturated rings. The van der Waals surface area contributed by atoms with Crippen LogP contribution in [0.4, 0.5) is 0 Å². The van der Waals surface area contributed by atoms with Gasteiger partial charge in [-0.2, -0.15) is 0 Å². The Morgan fingerprint density at radius 2 is 2.14 bits per heavy atom. The molecule has 0 radical (unpaired) electrons. The Morgan fingerprint density at radius 3 is 2.68 bits per heavy atom. The third-order valence-electron chi connectivity index (χ3n) is 3.47. The smallest absolute Gasteiger partial charge is 0.194 e. The SMILES string of the molecule is CCNC(=NCc1ccn(C)c1)N(C)Cc1cc(Cl)cn1C. The van der Waals surface area contributed by atoms with E-state index in [2.05, 4.69) is 29.4 Å². The molecule has 0 aromatic carbocycles. The maximum absolute atomic E-state index is 6.05. The van der Waals surface area contributed by atoms with Gasteiger partial charge >= 0.3 is 0 Å². The number of hydrogen-bond donors (Lipinski definition) is 1. The summed E-state index contributed by atoms with van der Waals surface area (Å²) in [7, 11) is 6.06. The summed E-state index contributed by atoms with van der Waals surface area (Å²) in [5.74, 6) is 0.892. The van der Waals surface area contributed by atoms with E-state index < -0.39 is 0 Å². The molecule has 0 saturated carbocycles. The lowest BCUT2D eigenvalue weighted by atomic mass is 10.3. The highest BCUT2D eigenvalue weighted by molar-refractivity contribution is 6.30. The summed E-state index contributed by atoms with van der Waals surface area (Å²) in [5.41, 5.74) is 2.35. The number of nitrogens with one attached hydrogen (secondary N) is 1. The highest BCUT2D eigenvalue weighted by atomic mass is 35.5. The molecule has 120 valence electrons. The monoisotopic (exact) mass is 321 g/mol. The third-order valence-corrected chi connectivity index (χ3v) is 3.68. The van der Waals surface area contributed by atoms with Crippen LogP contribution in [0, 0.1) is 0 Å². The van der Waals surface area contributed by atoms with Gasteiger partial charge in [-0.1, -0.05) is 11.6 Å². The van der Waals surface area contributed by atoms with Gasteiger partial charge in [0.1, 0.15) is 0 Å². The van der Waals surface area contributed by atoms with Gasteiger partial charge in [0.25, 0.3) is 0 Å². The Labute approximate surface area is 137 Å². The molecular weight excluding hydrogens is 298 g/mol. The zero-order chi connectivity index (χ0) is 16.1. The second-order valence-electron chi connectivity index (χ2n) is 5.47. The topological polar surface area (TPSA) is 37.5 Å². The van der Waals surface area contributed by atoms with Crippen molar-refractivity contribution in [1.29, 1.82) is 0 Å². The molecule has 22 heavy (non-hydrogen) atoms. The molecule has 5 nitrogen and oxygen atoms in total. The van der Waals surface area contributed by atoms with E-state index in [4.69, 9.17) is 16.6 Å². The van der Waals surface area contributed by atoms with E-state index in [9.17, 15) is 0 Å². The Hall–Kier alpha value is -1.88. The van der Waals surface area contributed by atoms with Gasteiger partial charge < -0.3 is 19.4 Å². The van der Waals surface area contributed by atoms with Crippen molar-refractivity contribution in [3.63, 3.8) is 0 Å². The third kappa shape index (κ3) is 4.31. The fourth-order valence-corrected chi connectivity index (χ4v) is 2.60. The quantitative estimate of drug-likeness (QED) is 0.679. The fourth-order valence-electron chi connectivity index (χ4n) is 2.33. The van der Waals surface area contributed by atoms with Crippen molar-refractivity contribution >= 4 is 17.6 Å². The largest absolute Gasteiger partial charge is 0.357 e. The second kappa shape index (κ2) is 7.40. The molecule has 0 unspecified atom stereocenters. The van der Waals surface area contributed by atoms with Crippen LogP contribution in [0.25, 0.3) is 0 Å². The minimum absolute atomic E-state index is 0.668. The number of nitrogens with zero attached hydrogens (tertiary/aromatic N) is 4. The van der Waals surface area contributed by atoms with Gasteiger partial charge in [-0.05, 0) is 24.6 Å². The van der Waals surface area contributed by atoms with Crippen LogP contribution < -0.4 is 5.32 Å². The van der Waals surface area contributed by atoms with Gasteiger partial charge in [0.2, 0.25) is 0 Å². The summed E-state index contributed by atoms with van der Waals surface area (Å²) in [5, 5.41) is 4.09. The van der Waals surface area contributed by atoms with Crippen LogP contribution in [0.15, 0.2) is 35.7 Å². The highest BCUT2D eigenvalue weighted by Crippen LogP contribution is 2.14. The number of guanidine groups is 1. The zero-order valence-electron chi connectivity index (χ0n) is 13.7.